The number of hydrogen-bond acceptors (Lipinski definition) is 3. The first-order valence-electron chi connectivity index (χ1n) is 15.6. The van der Waals surface area contributed by atoms with Gasteiger partial charge in [-0.15, -0.1) is 0 Å². The number of nitrogens with zero attached hydrogens (tertiary/aromatic N) is 2. The van der Waals surface area contributed by atoms with Crippen LogP contribution in [0.1, 0.15) is 41.9 Å². The summed E-state index contributed by atoms with van der Waals surface area (Å²) in [6.45, 7) is 11.1. The van der Waals surface area contributed by atoms with Crippen LogP contribution >= 0.6 is 0 Å². The molecule has 0 amide bonds. The summed E-state index contributed by atoms with van der Waals surface area (Å²) in [5.74, 6) is 2.25. The Hall–Kier alpha value is -5.28. The van der Waals surface area contributed by atoms with Crippen molar-refractivity contribution in [1.29, 1.82) is 0 Å². The fourth-order valence-corrected chi connectivity index (χ4v) is 7.27. The molecular formula is C42H34N2O. The van der Waals surface area contributed by atoms with Gasteiger partial charge >= 0.3 is 0 Å². The normalized spacial score (nSPS) is 13.4. The largest absolute Gasteiger partial charge is 0.438 e. The third-order valence-electron chi connectivity index (χ3n) is 9.53. The summed E-state index contributed by atoms with van der Waals surface area (Å²) in [5.41, 5.74) is 14.3. The van der Waals surface area contributed by atoms with Gasteiger partial charge in [0, 0.05) is 16.5 Å². The van der Waals surface area contributed by atoms with E-state index in [-0.39, 0.29) is 5.41 Å². The number of rotatable bonds is 1. The Kier molecular flexibility index (Phi) is 6.15. The third-order valence-corrected chi connectivity index (χ3v) is 9.53. The van der Waals surface area contributed by atoms with Crippen molar-refractivity contribution in [2.75, 3.05) is 0 Å². The summed E-state index contributed by atoms with van der Waals surface area (Å²) in [7, 11) is 0. The first-order valence-corrected chi connectivity index (χ1v) is 15.6. The lowest BCUT2D eigenvalue weighted by molar-refractivity contribution is 0.465. The second kappa shape index (κ2) is 10.1. The van der Waals surface area contributed by atoms with E-state index in [1.807, 2.05) is 37.3 Å². The van der Waals surface area contributed by atoms with Crippen molar-refractivity contribution in [2.24, 2.45) is 0 Å². The van der Waals surface area contributed by atoms with Crippen molar-refractivity contribution in [2.45, 2.75) is 40.0 Å². The lowest BCUT2D eigenvalue weighted by atomic mass is 9.81. The van der Waals surface area contributed by atoms with Crippen LogP contribution in [0.15, 0.2) is 115 Å². The van der Waals surface area contributed by atoms with Crippen LogP contribution in [0.5, 0.6) is 11.6 Å². The first-order chi connectivity index (χ1) is 21.8. The molecule has 3 nitrogen and oxygen atoms in total. The maximum Gasteiger partial charge on any atom is 0.231 e. The van der Waals surface area contributed by atoms with Crippen LogP contribution in [-0.2, 0) is 5.41 Å². The fraction of sp³-hybridized carbons (Fsp3) is 0.143. The van der Waals surface area contributed by atoms with E-state index in [1.165, 1.54) is 55.3 Å². The van der Waals surface area contributed by atoms with Crippen molar-refractivity contribution in [3.63, 3.8) is 0 Å². The van der Waals surface area contributed by atoms with E-state index in [2.05, 4.69) is 123 Å². The zero-order valence-corrected chi connectivity index (χ0v) is 26.3. The molecule has 0 spiro atoms. The Morgan fingerprint density at radius 2 is 1.29 bits per heavy atom. The fourth-order valence-electron chi connectivity index (χ4n) is 7.27. The molecule has 2 aliphatic rings. The molecule has 3 heteroatoms. The van der Waals surface area contributed by atoms with Gasteiger partial charge in [-0.3, -0.25) is 0 Å². The van der Waals surface area contributed by atoms with E-state index in [1.54, 1.807) is 0 Å². The molecule has 7 aromatic rings. The molecule has 0 fully saturated rings. The van der Waals surface area contributed by atoms with Crippen molar-refractivity contribution in [3.05, 3.63) is 143 Å². The summed E-state index contributed by atoms with van der Waals surface area (Å²) >= 11 is 0. The van der Waals surface area contributed by atoms with Gasteiger partial charge in [0.05, 0.1) is 10.9 Å². The minimum atomic E-state index is 0.0315. The lowest BCUT2D eigenvalue weighted by Gasteiger charge is -2.22. The zero-order valence-electron chi connectivity index (χ0n) is 26.3. The minimum absolute atomic E-state index is 0.0315. The van der Waals surface area contributed by atoms with Crippen LogP contribution < -0.4 is 4.74 Å². The highest BCUT2D eigenvalue weighted by atomic mass is 16.5. The molecule has 9 rings (SSSR count). The van der Waals surface area contributed by atoms with E-state index in [0.717, 1.165) is 33.6 Å². The molecule has 45 heavy (non-hydrogen) atoms. The minimum Gasteiger partial charge on any atom is -0.438 e. The van der Waals surface area contributed by atoms with Crippen molar-refractivity contribution in [3.8, 4) is 45.0 Å². The molecule has 1 aromatic heterocycles. The molecule has 1 aliphatic heterocycles. The predicted molar refractivity (Wildman–Crippen MR) is 186 cm³/mol. The van der Waals surface area contributed by atoms with Crippen LogP contribution in [0, 0.1) is 20.8 Å². The molecule has 0 atom stereocenters. The average Bonchev–Trinajstić information content (AvgIpc) is 3.27. The Balaban J connectivity index is 0.000000144. The van der Waals surface area contributed by atoms with Crippen molar-refractivity contribution in [1.82, 2.24) is 9.97 Å². The van der Waals surface area contributed by atoms with Crippen LogP contribution in [0.25, 0.3) is 55.1 Å². The highest BCUT2D eigenvalue weighted by Gasteiger charge is 2.37. The predicted octanol–water partition coefficient (Wildman–Crippen LogP) is 11.1. The van der Waals surface area contributed by atoms with Gasteiger partial charge in [-0.25, -0.2) is 4.98 Å². The smallest absolute Gasteiger partial charge is 0.231 e. The summed E-state index contributed by atoms with van der Waals surface area (Å²) in [5, 5.41) is 3.68. The van der Waals surface area contributed by atoms with Gasteiger partial charge in [-0.2, -0.15) is 4.98 Å². The van der Waals surface area contributed by atoms with Crippen molar-refractivity contribution < 1.29 is 4.74 Å². The second-order valence-corrected chi connectivity index (χ2v) is 12.7. The molecule has 0 radical (unpaired) electrons. The number of benzene rings is 6. The zero-order chi connectivity index (χ0) is 30.9. The van der Waals surface area contributed by atoms with E-state index in [9.17, 15) is 0 Å². The maximum atomic E-state index is 5.88. The van der Waals surface area contributed by atoms with E-state index >= 15 is 0 Å². The summed E-state index contributed by atoms with van der Waals surface area (Å²) in [4.78, 5) is 8.86. The van der Waals surface area contributed by atoms with Gasteiger partial charge < -0.3 is 4.74 Å². The van der Waals surface area contributed by atoms with Crippen molar-refractivity contribution >= 4 is 21.7 Å². The van der Waals surface area contributed by atoms with Gasteiger partial charge in [-0.05, 0) is 94.3 Å². The number of ether oxygens (including phenoxy) is 1. The molecule has 0 saturated carbocycles. The van der Waals surface area contributed by atoms with Gasteiger partial charge in [-0.1, -0.05) is 111 Å². The number of fused-ring (bicyclic) bond motifs is 7. The van der Waals surface area contributed by atoms with E-state index in [4.69, 9.17) is 4.74 Å². The summed E-state index contributed by atoms with van der Waals surface area (Å²) in [6.07, 6.45) is 0. The number of hydrogen-bond donors (Lipinski definition) is 0. The molecule has 0 bridgehead atoms. The van der Waals surface area contributed by atoms with E-state index in [0.29, 0.717) is 5.88 Å². The highest BCUT2D eigenvalue weighted by Crippen LogP contribution is 2.53. The first kappa shape index (κ1) is 27.3. The quantitative estimate of drug-likeness (QED) is 0.193. The topological polar surface area (TPSA) is 35.0 Å². The lowest BCUT2D eigenvalue weighted by Crippen LogP contribution is -2.15. The molecule has 6 aromatic carbocycles. The average molecular weight is 583 g/mol. The van der Waals surface area contributed by atoms with Gasteiger partial charge in [0.2, 0.25) is 5.88 Å². The molecule has 0 unspecified atom stereocenters. The summed E-state index contributed by atoms with van der Waals surface area (Å²) < 4.78 is 5.88. The molecular weight excluding hydrogens is 548 g/mol. The summed E-state index contributed by atoms with van der Waals surface area (Å²) in [6, 6.07) is 41.1. The second-order valence-electron chi connectivity index (χ2n) is 12.7. The Labute approximate surface area is 264 Å². The van der Waals surface area contributed by atoms with Crippen LogP contribution in [0.2, 0.25) is 0 Å². The van der Waals surface area contributed by atoms with Crippen LogP contribution in [-0.4, -0.2) is 9.97 Å². The third kappa shape index (κ3) is 4.26. The number of aryl methyl sites for hydroxylation is 3. The Bertz CT molecular complexity index is 2310. The molecule has 0 N–H and O–H groups in total. The monoisotopic (exact) mass is 582 g/mol. The van der Waals surface area contributed by atoms with Crippen LogP contribution in [0.4, 0.5) is 0 Å². The van der Waals surface area contributed by atoms with E-state index < -0.39 is 0 Å². The number of aromatic nitrogens is 2. The van der Waals surface area contributed by atoms with Gasteiger partial charge in [0.1, 0.15) is 11.6 Å². The number of para-hydroxylation sites is 1. The van der Waals surface area contributed by atoms with Crippen LogP contribution in [0.3, 0.4) is 0 Å². The molecule has 0 saturated heterocycles. The molecule has 1 aliphatic carbocycles. The maximum absolute atomic E-state index is 5.88. The van der Waals surface area contributed by atoms with Gasteiger partial charge in [0.15, 0.2) is 0 Å². The Morgan fingerprint density at radius 3 is 2.13 bits per heavy atom. The highest BCUT2D eigenvalue weighted by molar-refractivity contribution is 6.04. The Morgan fingerprint density at radius 1 is 0.556 bits per heavy atom. The SMILES string of the molecule is Cc1ccccc1-c1cc2c(cc1C)C(C)(C)c1ccc3ccccc3c1-2.Cc1nc2c3c(cccc3n1)-c1ccccc1O2. The molecule has 2 heterocycles. The standard InChI is InChI=1S/C27H24.C15H10N2O/c1-17-9-5-7-11-20(17)22-16-23-25(15-18(22)2)27(3,4)24-14-13-19-10-6-8-12-21(19)26(23)24;1-9-16-12-7-4-6-11-10-5-2-3-8-13(10)18-15(17-9)14(11)12/h5-16H,1-4H3;2-8H,1H3. The van der Waals surface area contributed by atoms with Gasteiger partial charge in [0.25, 0.3) is 0 Å². The molecule has 218 valence electrons.